The molecular weight excluding hydrogens is 699 g/mol. The van der Waals surface area contributed by atoms with Gasteiger partial charge in [-0.3, -0.25) is 4.79 Å². The summed E-state index contributed by atoms with van der Waals surface area (Å²) in [6.45, 7) is 24.5. The quantitative estimate of drug-likeness (QED) is 0.122. The number of carbonyl (C=O) groups is 1. The van der Waals surface area contributed by atoms with Crippen molar-refractivity contribution in [3.05, 3.63) is 42.0 Å². The summed E-state index contributed by atoms with van der Waals surface area (Å²) >= 11 is 0. The third kappa shape index (κ3) is 6.65. The van der Waals surface area contributed by atoms with Crippen molar-refractivity contribution in [2.45, 2.75) is 143 Å². The maximum Gasteiger partial charge on any atom is 0.310 e. The van der Waals surface area contributed by atoms with Crippen LogP contribution in [0.25, 0.3) is 0 Å². The van der Waals surface area contributed by atoms with Crippen LogP contribution in [-0.2, 0) is 33.8 Å². The zero-order valence-corrected chi connectivity index (χ0v) is 36.1. The van der Waals surface area contributed by atoms with Gasteiger partial charge in [-0.05, 0) is 111 Å². The average molecular weight is 770 g/mol. The summed E-state index contributed by atoms with van der Waals surface area (Å²) < 4.78 is 55.6. The van der Waals surface area contributed by atoms with E-state index in [-0.39, 0.29) is 62.7 Å². The summed E-state index contributed by atoms with van der Waals surface area (Å²) in [5.74, 6) is 1.34. The van der Waals surface area contributed by atoms with Crippen LogP contribution < -0.4 is 4.72 Å². The van der Waals surface area contributed by atoms with Gasteiger partial charge in [-0.25, -0.2) is 13.1 Å². The van der Waals surface area contributed by atoms with E-state index in [1.165, 1.54) is 5.57 Å². The molecule has 6 rings (SSSR count). The smallest absolute Gasteiger partial charge is 0.310 e. The number of hydrogen-bond donors (Lipinski definition) is 1. The van der Waals surface area contributed by atoms with Gasteiger partial charge in [0.2, 0.25) is 10.0 Å². The van der Waals surface area contributed by atoms with Crippen molar-refractivity contribution >= 4 is 16.0 Å². The lowest BCUT2D eigenvalue weighted by Gasteiger charge is -2.71. The molecule has 0 spiro atoms. The SMILES string of the molecule is CCCCOC(=O)[C@@H]1[C@@](C)([C@H](C)C(C)C)CC[C@]2(C)[C@H]3CC[C@@H]4[C@@]5(COC[C@]4(C)[C@@H](OCC(C)(C)NS(=O)(=O)c4ccccc4)[C@H](OC)C5)C3=CC[C@@]12C. The van der Waals surface area contributed by atoms with Crippen molar-refractivity contribution in [1.29, 1.82) is 0 Å². The number of benzene rings is 1. The summed E-state index contributed by atoms with van der Waals surface area (Å²) in [7, 11) is -1.94. The second kappa shape index (κ2) is 14.9. The molecule has 5 aliphatic rings. The highest BCUT2D eigenvalue weighted by Crippen LogP contribution is 2.75. The number of carbonyl (C=O) groups excluding carboxylic acids is 1. The Morgan fingerprint density at radius 3 is 2.37 bits per heavy atom. The lowest BCUT2D eigenvalue weighted by molar-refractivity contribution is -0.269. The molecule has 1 aliphatic heterocycles. The predicted molar refractivity (Wildman–Crippen MR) is 213 cm³/mol. The van der Waals surface area contributed by atoms with Gasteiger partial charge >= 0.3 is 5.97 Å². The van der Waals surface area contributed by atoms with Crippen LogP contribution in [0.4, 0.5) is 0 Å². The Morgan fingerprint density at radius 2 is 1.72 bits per heavy atom. The van der Waals surface area contributed by atoms with Crippen LogP contribution in [0, 0.1) is 56.7 Å². The maximum atomic E-state index is 14.5. The Labute approximate surface area is 327 Å². The van der Waals surface area contributed by atoms with Crippen LogP contribution in [0.2, 0.25) is 0 Å². The highest BCUT2D eigenvalue weighted by atomic mass is 32.2. The van der Waals surface area contributed by atoms with E-state index >= 15 is 0 Å². The van der Waals surface area contributed by atoms with Crippen LogP contribution in [-0.4, -0.2) is 65.7 Å². The molecule has 0 radical (unpaired) electrons. The van der Waals surface area contributed by atoms with E-state index in [9.17, 15) is 13.2 Å². The Bertz CT molecular complexity index is 1660. The highest BCUT2D eigenvalue weighted by molar-refractivity contribution is 7.89. The molecule has 304 valence electrons. The molecule has 1 saturated heterocycles. The number of esters is 1. The molecule has 54 heavy (non-hydrogen) atoms. The first-order valence-corrected chi connectivity index (χ1v) is 22.4. The first-order chi connectivity index (χ1) is 25.3. The van der Waals surface area contributed by atoms with E-state index in [1.807, 2.05) is 19.9 Å². The Hall–Kier alpha value is -1.78. The number of ether oxygens (including phenoxy) is 4. The van der Waals surface area contributed by atoms with E-state index in [1.54, 1.807) is 31.4 Å². The number of hydrogen-bond acceptors (Lipinski definition) is 7. The molecule has 2 bridgehead atoms. The van der Waals surface area contributed by atoms with Gasteiger partial charge in [-0.15, -0.1) is 0 Å². The Kier molecular flexibility index (Phi) is 11.5. The van der Waals surface area contributed by atoms with Gasteiger partial charge in [0.05, 0.1) is 55.0 Å². The lowest BCUT2D eigenvalue weighted by atomic mass is 9.34. The fraction of sp³-hybridized carbons (Fsp3) is 0.800. The summed E-state index contributed by atoms with van der Waals surface area (Å²) in [5.41, 5.74) is -0.324. The standard InChI is InChI=1S/C45H71NO7S/c1-12-13-25-52-39(47)37-41(7,31(4)30(2)3)23-24-43(9)33-19-20-36-42(8)28-51-29-45(36,34(33)21-22-44(37,43)10)26-35(50-11)38(42)53-27-40(5,6)46-54(48,49)32-17-15-14-16-18-32/h14-18,21,30-31,33,35-38,46H,12-13,19-20,22-29H2,1-11H3/t31-,33+,35-,36+,37-,38+,41-,42+,43-,44+,45+/m1/s1. The molecule has 1 aromatic rings. The molecule has 4 aliphatic carbocycles. The zero-order chi connectivity index (χ0) is 39.5. The van der Waals surface area contributed by atoms with E-state index in [4.69, 9.17) is 18.9 Å². The van der Waals surface area contributed by atoms with Crippen LogP contribution in [0.1, 0.15) is 121 Å². The van der Waals surface area contributed by atoms with Crippen LogP contribution >= 0.6 is 0 Å². The van der Waals surface area contributed by atoms with Crippen LogP contribution in [0.15, 0.2) is 46.9 Å². The summed E-state index contributed by atoms with van der Waals surface area (Å²) in [5, 5.41) is 0. The third-order valence-corrected chi connectivity index (χ3v) is 17.9. The van der Waals surface area contributed by atoms with Crippen molar-refractivity contribution in [3.8, 4) is 0 Å². The first-order valence-electron chi connectivity index (χ1n) is 20.9. The van der Waals surface area contributed by atoms with E-state index in [0.29, 0.717) is 43.5 Å². The molecule has 4 fully saturated rings. The van der Waals surface area contributed by atoms with Crippen molar-refractivity contribution in [2.75, 3.05) is 33.5 Å². The van der Waals surface area contributed by atoms with Gasteiger partial charge in [0.25, 0.3) is 0 Å². The first kappa shape index (κ1) is 41.8. The zero-order valence-electron chi connectivity index (χ0n) is 35.3. The molecular formula is C45H71NO7S. The number of nitrogens with one attached hydrogen (secondary N) is 1. The van der Waals surface area contributed by atoms with Gasteiger partial charge < -0.3 is 18.9 Å². The molecule has 0 amide bonds. The molecule has 11 atom stereocenters. The number of sulfonamides is 1. The molecule has 9 heteroatoms. The minimum atomic E-state index is -3.73. The largest absolute Gasteiger partial charge is 0.465 e. The predicted octanol–water partition coefficient (Wildman–Crippen LogP) is 8.99. The number of rotatable bonds is 13. The molecule has 0 aromatic heterocycles. The topological polar surface area (TPSA) is 100 Å². The average Bonchev–Trinajstić information content (AvgIpc) is 3.11. The van der Waals surface area contributed by atoms with E-state index in [2.05, 4.69) is 66.2 Å². The van der Waals surface area contributed by atoms with Crippen molar-refractivity contribution in [3.63, 3.8) is 0 Å². The van der Waals surface area contributed by atoms with Gasteiger partial charge in [-0.1, -0.05) is 91.7 Å². The van der Waals surface area contributed by atoms with E-state index < -0.39 is 15.6 Å². The monoisotopic (exact) mass is 769 g/mol. The summed E-state index contributed by atoms with van der Waals surface area (Å²) in [6, 6.07) is 8.49. The molecule has 8 nitrogen and oxygen atoms in total. The highest BCUT2D eigenvalue weighted by Gasteiger charge is 2.72. The Balaban J connectivity index is 1.31. The van der Waals surface area contributed by atoms with Gasteiger partial charge in [0.1, 0.15) is 0 Å². The number of fused-ring (bicyclic) bond motifs is 3. The second-order valence-corrected chi connectivity index (χ2v) is 21.7. The van der Waals surface area contributed by atoms with Crippen molar-refractivity contribution in [2.24, 2.45) is 56.7 Å². The van der Waals surface area contributed by atoms with Crippen molar-refractivity contribution in [1.82, 2.24) is 4.72 Å². The Morgan fingerprint density at radius 1 is 1.02 bits per heavy atom. The van der Waals surface area contributed by atoms with Gasteiger partial charge in [-0.2, -0.15) is 0 Å². The fourth-order valence-corrected chi connectivity index (χ4v) is 14.2. The number of methoxy groups -OCH3 is 1. The van der Waals surface area contributed by atoms with Crippen molar-refractivity contribution < 1.29 is 32.2 Å². The van der Waals surface area contributed by atoms with Crippen LogP contribution in [0.3, 0.4) is 0 Å². The van der Waals surface area contributed by atoms with Crippen LogP contribution in [0.5, 0.6) is 0 Å². The second-order valence-electron chi connectivity index (χ2n) is 20.0. The molecule has 1 heterocycles. The van der Waals surface area contributed by atoms with Gasteiger partial charge in [0, 0.05) is 17.9 Å². The molecule has 1 aromatic carbocycles. The minimum absolute atomic E-state index is 0.00948. The summed E-state index contributed by atoms with van der Waals surface area (Å²) in [6.07, 6.45) is 9.88. The van der Waals surface area contributed by atoms with E-state index in [0.717, 1.165) is 51.4 Å². The molecule has 1 N–H and O–H groups in total. The number of unbranched alkanes of at least 4 members (excludes halogenated alkanes) is 1. The summed E-state index contributed by atoms with van der Waals surface area (Å²) in [4.78, 5) is 14.7. The minimum Gasteiger partial charge on any atom is -0.465 e. The third-order valence-electron chi connectivity index (χ3n) is 16.2. The maximum absolute atomic E-state index is 14.5. The van der Waals surface area contributed by atoms with Gasteiger partial charge in [0.15, 0.2) is 0 Å². The number of allylic oxidation sites excluding steroid dienone is 1. The lowest BCUT2D eigenvalue weighted by Crippen LogP contribution is -2.70. The molecule has 0 unspecified atom stereocenters. The normalized spacial score (nSPS) is 39.9. The fourth-order valence-electron chi connectivity index (χ4n) is 12.8. The molecule has 3 saturated carbocycles.